The fourth-order valence-corrected chi connectivity index (χ4v) is 1.80. The van der Waals surface area contributed by atoms with Gasteiger partial charge in [0.15, 0.2) is 11.5 Å². The number of hydrogen-bond donors (Lipinski definition) is 0. The highest BCUT2D eigenvalue weighted by molar-refractivity contribution is 5.39. The van der Waals surface area contributed by atoms with Crippen LogP contribution in [0, 0.1) is 0 Å². The maximum Gasteiger partial charge on any atom is 0.161 e. The molecule has 0 aromatic heterocycles. The summed E-state index contributed by atoms with van der Waals surface area (Å²) in [7, 11) is 5.06. The molecule has 0 saturated carbocycles. The molecule has 0 spiro atoms. The molecule has 0 radical (unpaired) electrons. The third-order valence-corrected chi connectivity index (χ3v) is 2.96. The number of benzene rings is 1. The molecule has 5 heteroatoms. The third-order valence-electron chi connectivity index (χ3n) is 2.96. The maximum absolute atomic E-state index is 5.77. The van der Waals surface area contributed by atoms with Crippen LogP contribution in [0.5, 0.6) is 11.5 Å². The second-order valence-electron chi connectivity index (χ2n) is 4.33. The van der Waals surface area contributed by atoms with Crippen LogP contribution in [0.4, 0.5) is 0 Å². The van der Waals surface area contributed by atoms with Gasteiger partial charge in [0.2, 0.25) is 0 Å². The molecule has 0 fully saturated rings. The summed E-state index contributed by atoms with van der Waals surface area (Å²) >= 11 is 0. The zero-order valence-electron chi connectivity index (χ0n) is 12.6. The van der Waals surface area contributed by atoms with E-state index in [0.29, 0.717) is 19.8 Å². The lowest BCUT2D eigenvalue weighted by atomic mass is 10.3. The van der Waals surface area contributed by atoms with E-state index >= 15 is 0 Å². The van der Waals surface area contributed by atoms with Gasteiger partial charge in [0.1, 0.15) is 6.61 Å². The summed E-state index contributed by atoms with van der Waals surface area (Å²) in [6, 6.07) is 7.66. The smallest absolute Gasteiger partial charge is 0.161 e. The molecule has 1 rings (SSSR count). The van der Waals surface area contributed by atoms with E-state index in [2.05, 4.69) is 4.90 Å². The average Bonchev–Trinajstić information content (AvgIpc) is 2.49. The van der Waals surface area contributed by atoms with Crippen LogP contribution < -0.4 is 9.47 Å². The van der Waals surface area contributed by atoms with Gasteiger partial charge in [-0.05, 0) is 12.1 Å². The molecular weight excluding hydrogens is 258 g/mol. The Balaban J connectivity index is 2.38. The Hall–Kier alpha value is -1.30. The van der Waals surface area contributed by atoms with E-state index in [0.717, 1.165) is 31.1 Å². The van der Waals surface area contributed by atoms with Crippen LogP contribution in [0.2, 0.25) is 0 Å². The van der Waals surface area contributed by atoms with Crippen LogP contribution in [-0.4, -0.2) is 65.7 Å². The van der Waals surface area contributed by atoms with E-state index in [1.807, 2.05) is 24.3 Å². The van der Waals surface area contributed by atoms with Crippen molar-refractivity contribution in [1.82, 2.24) is 4.90 Å². The van der Waals surface area contributed by atoms with E-state index in [4.69, 9.17) is 18.9 Å². The van der Waals surface area contributed by atoms with Crippen LogP contribution in [0.3, 0.4) is 0 Å². The first-order valence-corrected chi connectivity index (χ1v) is 6.78. The second-order valence-corrected chi connectivity index (χ2v) is 4.33. The molecule has 0 aliphatic rings. The lowest BCUT2D eigenvalue weighted by Gasteiger charge is -2.21. The molecule has 0 heterocycles. The highest BCUT2D eigenvalue weighted by Gasteiger charge is 2.06. The third kappa shape index (κ3) is 6.23. The molecule has 0 saturated heterocycles. The van der Waals surface area contributed by atoms with Crippen LogP contribution >= 0.6 is 0 Å². The molecule has 0 N–H and O–H groups in total. The van der Waals surface area contributed by atoms with Crippen molar-refractivity contribution in [2.45, 2.75) is 0 Å². The summed E-state index contributed by atoms with van der Waals surface area (Å²) in [6.45, 7) is 4.58. The van der Waals surface area contributed by atoms with E-state index < -0.39 is 0 Å². The quantitative estimate of drug-likeness (QED) is 0.618. The first kappa shape index (κ1) is 16.8. The first-order chi connectivity index (χ1) is 9.81. The van der Waals surface area contributed by atoms with Gasteiger partial charge >= 0.3 is 0 Å². The molecule has 1 aromatic carbocycles. The van der Waals surface area contributed by atoms with Gasteiger partial charge in [0.05, 0.1) is 20.3 Å². The molecule has 0 amide bonds. The SMILES string of the molecule is COCCN(CCOC)CCOc1ccccc1OC. The molecule has 20 heavy (non-hydrogen) atoms. The Kier molecular flexibility index (Phi) is 8.78. The molecule has 1 aromatic rings. The van der Waals surface area contributed by atoms with Gasteiger partial charge in [-0.25, -0.2) is 0 Å². The van der Waals surface area contributed by atoms with Gasteiger partial charge in [-0.15, -0.1) is 0 Å². The monoisotopic (exact) mass is 283 g/mol. The fraction of sp³-hybridized carbons (Fsp3) is 0.600. The van der Waals surface area contributed by atoms with Gasteiger partial charge in [0.25, 0.3) is 0 Å². The topological polar surface area (TPSA) is 40.2 Å². The summed E-state index contributed by atoms with van der Waals surface area (Å²) in [4.78, 5) is 2.25. The average molecular weight is 283 g/mol. The zero-order chi connectivity index (χ0) is 14.6. The van der Waals surface area contributed by atoms with E-state index in [9.17, 15) is 0 Å². The predicted octanol–water partition coefficient (Wildman–Crippen LogP) is 1.67. The normalized spacial score (nSPS) is 10.8. The van der Waals surface area contributed by atoms with Gasteiger partial charge in [-0.1, -0.05) is 12.1 Å². The van der Waals surface area contributed by atoms with Gasteiger partial charge in [-0.2, -0.15) is 0 Å². The van der Waals surface area contributed by atoms with Crippen LogP contribution in [0.25, 0.3) is 0 Å². The number of methoxy groups -OCH3 is 3. The minimum atomic E-state index is 0.605. The summed E-state index contributed by atoms with van der Waals surface area (Å²) in [5.74, 6) is 1.53. The van der Waals surface area contributed by atoms with Crippen LogP contribution in [-0.2, 0) is 9.47 Å². The number of hydrogen-bond acceptors (Lipinski definition) is 5. The summed E-state index contributed by atoms with van der Waals surface area (Å²) in [6.07, 6.45) is 0. The highest BCUT2D eigenvalue weighted by atomic mass is 16.5. The molecule has 0 unspecified atom stereocenters. The number of nitrogens with zero attached hydrogens (tertiary/aromatic N) is 1. The largest absolute Gasteiger partial charge is 0.493 e. The summed E-state index contributed by atoms with van der Waals surface area (Å²) in [5.41, 5.74) is 0. The molecule has 5 nitrogen and oxygen atoms in total. The zero-order valence-corrected chi connectivity index (χ0v) is 12.6. The van der Waals surface area contributed by atoms with Gasteiger partial charge in [-0.3, -0.25) is 4.90 Å². The predicted molar refractivity (Wildman–Crippen MR) is 78.7 cm³/mol. The molecule has 0 bridgehead atoms. The maximum atomic E-state index is 5.77. The van der Waals surface area contributed by atoms with Crippen molar-refractivity contribution in [1.29, 1.82) is 0 Å². The van der Waals surface area contributed by atoms with Crippen molar-refractivity contribution in [3.63, 3.8) is 0 Å². The minimum absolute atomic E-state index is 0.605. The standard InChI is InChI=1S/C15H25NO4/c1-17-11-8-16(9-12-18-2)10-13-20-15-7-5-4-6-14(15)19-3/h4-7H,8-13H2,1-3H3. The van der Waals surface area contributed by atoms with Crippen molar-refractivity contribution in [2.24, 2.45) is 0 Å². The lowest BCUT2D eigenvalue weighted by Crippen LogP contribution is -2.34. The first-order valence-electron chi connectivity index (χ1n) is 6.78. The van der Waals surface area contributed by atoms with E-state index in [1.54, 1.807) is 21.3 Å². The van der Waals surface area contributed by atoms with Crippen molar-refractivity contribution in [3.05, 3.63) is 24.3 Å². The second kappa shape index (κ2) is 10.5. The number of rotatable bonds is 11. The lowest BCUT2D eigenvalue weighted by molar-refractivity contribution is 0.103. The highest BCUT2D eigenvalue weighted by Crippen LogP contribution is 2.25. The number of para-hydroxylation sites is 2. The molecule has 0 atom stereocenters. The molecule has 114 valence electrons. The van der Waals surface area contributed by atoms with Crippen molar-refractivity contribution < 1.29 is 18.9 Å². The summed E-state index contributed by atoms with van der Waals surface area (Å²) < 4.78 is 21.2. The van der Waals surface area contributed by atoms with Crippen LogP contribution in [0.15, 0.2) is 24.3 Å². The minimum Gasteiger partial charge on any atom is -0.493 e. The van der Waals surface area contributed by atoms with Gasteiger partial charge in [0, 0.05) is 33.9 Å². The Bertz CT molecular complexity index is 351. The summed E-state index contributed by atoms with van der Waals surface area (Å²) in [5, 5.41) is 0. The van der Waals surface area contributed by atoms with Crippen molar-refractivity contribution in [2.75, 3.05) is 60.8 Å². The fourth-order valence-electron chi connectivity index (χ4n) is 1.80. The molecular formula is C15H25NO4. The Morgan fingerprint density at radius 1 is 0.800 bits per heavy atom. The van der Waals surface area contributed by atoms with Crippen LogP contribution in [0.1, 0.15) is 0 Å². The van der Waals surface area contributed by atoms with Crippen molar-refractivity contribution >= 4 is 0 Å². The Labute approximate surface area is 121 Å². The van der Waals surface area contributed by atoms with Gasteiger partial charge < -0.3 is 18.9 Å². The number of ether oxygens (including phenoxy) is 4. The molecule has 0 aliphatic heterocycles. The Morgan fingerprint density at radius 3 is 1.90 bits per heavy atom. The van der Waals surface area contributed by atoms with E-state index in [1.165, 1.54) is 0 Å². The molecule has 0 aliphatic carbocycles. The Morgan fingerprint density at radius 2 is 1.35 bits per heavy atom. The van der Waals surface area contributed by atoms with E-state index in [-0.39, 0.29) is 0 Å². The van der Waals surface area contributed by atoms with Crippen molar-refractivity contribution in [3.8, 4) is 11.5 Å².